The molecule has 2 aliphatic heterocycles. The lowest BCUT2D eigenvalue weighted by Crippen LogP contribution is -2.32. The van der Waals surface area contributed by atoms with Gasteiger partial charge in [-0.05, 0) is 60.1 Å². The summed E-state index contributed by atoms with van der Waals surface area (Å²) in [5.41, 5.74) is 10.5. The van der Waals surface area contributed by atoms with Crippen LogP contribution in [0.4, 0.5) is 11.4 Å². The van der Waals surface area contributed by atoms with Crippen LogP contribution < -0.4 is 16.0 Å². The van der Waals surface area contributed by atoms with E-state index in [1.54, 1.807) is 6.07 Å². The highest BCUT2D eigenvalue weighted by Gasteiger charge is 2.35. The summed E-state index contributed by atoms with van der Waals surface area (Å²) in [6, 6.07) is 9.54. The van der Waals surface area contributed by atoms with Crippen molar-refractivity contribution in [3.05, 3.63) is 57.6 Å². The Morgan fingerprint density at radius 2 is 1.97 bits per heavy atom. The standard InChI is InChI=1S/C23H26ClN3O2/c1-23(2)12-19(26-21-15(13-28)9-16(24)11-18(21)23)14-5-6-17(22(25)29)20(10-14)27-7-3-4-8-27/h5-6,9-11,13,19,26H,3-4,7-8,12H2,1-2H3,(H2,25,29). The molecule has 2 aliphatic rings. The molecule has 1 saturated heterocycles. The first-order valence-corrected chi connectivity index (χ1v) is 10.4. The minimum absolute atomic E-state index is 0.0145. The molecule has 2 aromatic carbocycles. The number of carbonyl (C=O) groups excluding carboxylic acids is 2. The second-order valence-electron chi connectivity index (χ2n) is 8.66. The summed E-state index contributed by atoms with van der Waals surface area (Å²) in [7, 11) is 0. The van der Waals surface area contributed by atoms with E-state index in [1.807, 2.05) is 18.2 Å². The predicted molar refractivity (Wildman–Crippen MR) is 117 cm³/mol. The molecule has 0 aliphatic carbocycles. The van der Waals surface area contributed by atoms with Crippen molar-refractivity contribution in [2.75, 3.05) is 23.3 Å². The first kappa shape index (κ1) is 19.8. The van der Waals surface area contributed by atoms with Crippen molar-refractivity contribution < 1.29 is 9.59 Å². The van der Waals surface area contributed by atoms with Gasteiger partial charge < -0.3 is 16.0 Å². The molecular formula is C23H26ClN3O2. The second kappa shape index (κ2) is 7.38. The topological polar surface area (TPSA) is 75.4 Å². The van der Waals surface area contributed by atoms with Gasteiger partial charge in [-0.25, -0.2) is 0 Å². The van der Waals surface area contributed by atoms with Crippen molar-refractivity contribution in [1.29, 1.82) is 0 Å². The third-order valence-corrected chi connectivity index (χ3v) is 6.38. The monoisotopic (exact) mass is 411 g/mol. The number of halogens is 1. The number of amides is 1. The first-order valence-electron chi connectivity index (χ1n) is 10.0. The molecule has 0 spiro atoms. The summed E-state index contributed by atoms with van der Waals surface area (Å²) >= 11 is 6.25. The van der Waals surface area contributed by atoms with E-state index >= 15 is 0 Å². The number of hydrogen-bond donors (Lipinski definition) is 2. The Hall–Kier alpha value is -2.53. The lowest BCUT2D eigenvalue weighted by atomic mass is 9.73. The van der Waals surface area contributed by atoms with Gasteiger partial charge in [0.2, 0.25) is 0 Å². The van der Waals surface area contributed by atoms with Crippen molar-refractivity contribution in [2.45, 2.75) is 44.6 Å². The molecule has 0 bridgehead atoms. The molecule has 0 radical (unpaired) electrons. The van der Waals surface area contributed by atoms with Gasteiger partial charge in [-0.3, -0.25) is 9.59 Å². The van der Waals surface area contributed by atoms with E-state index in [0.717, 1.165) is 61.1 Å². The van der Waals surface area contributed by atoms with Gasteiger partial charge in [0.1, 0.15) is 0 Å². The minimum Gasteiger partial charge on any atom is -0.377 e. The van der Waals surface area contributed by atoms with Gasteiger partial charge >= 0.3 is 0 Å². The summed E-state index contributed by atoms with van der Waals surface area (Å²) in [6.07, 6.45) is 3.93. The average Bonchev–Trinajstić information content (AvgIpc) is 3.21. The maximum atomic E-state index is 12.0. The van der Waals surface area contributed by atoms with E-state index in [0.29, 0.717) is 16.1 Å². The average molecular weight is 412 g/mol. The van der Waals surface area contributed by atoms with Crippen LogP contribution in [-0.2, 0) is 5.41 Å². The molecule has 0 aromatic heterocycles. The zero-order valence-corrected chi connectivity index (χ0v) is 17.6. The SMILES string of the molecule is CC1(C)CC(c2ccc(C(N)=O)c(N3CCCC3)c2)Nc2c(C=O)cc(Cl)cc21. The van der Waals surface area contributed by atoms with Crippen molar-refractivity contribution in [1.82, 2.24) is 0 Å². The van der Waals surface area contributed by atoms with Gasteiger partial charge in [0.05, 0.1) is 11.6 Å². The molecule has 1 amide bonds. The van der Waals surface area contributed by atoms with Crippen LogP contribution in [0.3, 0.4) is 0 Å². The maximum absolute atomic E-state index is 12.0. The van der Waals surface area contributed by atoms with Crippen LogP contribution in [0.15, 0.2) is 30.3 Å². The number of anilines is 2. The van der Waals surface area contributed by atoms with Gasteiger partial charge in [0.15, 0.2) is 6.29 Å². The summed E-state index contributed by atoms with van der Waals surface area (Å²) < 4.78 is 0. The molecule has 3 N–H and O–H groups in total. The lowest BCUT2D eigenvalue weighted by molar-refractivity contribution is 0.1000. The Labute approximate surface area is 176 Å². The van der Waals surface area contributed by atoms with Gasteiger partial charge in [-0.1, -0.05) is 31.5 Å². The Morgan fingerprint density at radius 1 is 1.24 bits per heavy atom. The Kier molecular flexibility index (Phi) is 5.03. The highest BCUT2D eigenvalue weighted by Crippen LogP contribution is 2.46. The number of benzene rings is 2. The van der Waals surface area contributed by atoms with Gasteiger partial charge in [-0.2, -0.15) is 0 Å². The van der Waals surface area contributed by atoms with Crippen LogP contribution in [-0.4, -0.2) is 25.3 Å². The number of rotatable bonds is 4. The number of aldehydes is 1. The fraction of sp³-hybridized carbons (Fsp3) is 0.391. The highest BCUT2D eigenvalue weighted by atomic mass is 35.5. The molecule has 1 fully saturated rings. The van der Waals surface area contributed by atoms with E-state index in [2.05, 4.69) is 30.1 Å². The summed E-state index contributed by atoms with van der Waals surface area (Å²) in [4.78, 5) is 25.9. The zero-order chi connectivity index (χ0) is 20.8. The van der Waals surface area contributed by atoms with E-state index < -0.39 is 5.91 Å². The van der Waals surface area contributed by atoms with Crippen molar-refractivity contribution in [3.63, 3.8) is 0 Å². The van der Waals surface area contributed by atoms with E-state index in [9.17, 15) is 9.59 Å². The van der Waals surface area contributed by atoms with Gasteiger partial charge in [0.25, 0.3) is 5.91 Å². The largest absolute Gasteiger partial charge is 0.377 e. The predicted octanol–water partition coefficient (Wildman–Crippen LogP) is 4.69. The van der Waals surface area contributed by atoms with E-state index in [1.165, 1.54) is 0 Å². The molecule has 2 heterocycles. The van der Waals surface area contributed by atoms with Crippen LogP contribution >= 0.6 is 11.6 Å². The molecule has 152 valence electrons. The number of primary amides is 1. The van der Waals surface area contributed by atoms with E-state index in [-0.39, 0.29) is 11.5 Å². The molecule has 2 aromatic rings. The molecular weight excluding hydrogens is 386 g/mol. The molecule has 5 nitrogen and oxygen atoms in total. The third-order valence-electron chi connectivity index (χ3n) is 6.16. The van der Waals surface area contributed by atoms with Gasteiger partial charge in [-0.15, -0.1) is 0 Å². The Bertz CT molecular complexity index is 980. The number of fused-ring (bicyclic) bond motifs is 1. The number of carbonyl (C=O) groups is 2. The fourth-order valence-electron chi connectivity index (χ4n) is 4.66. The summed E-state index contributed by atoms with van der Waals surface area (Å²) in [6.45, 7) is 6.21. The van der Waals surface area contributed by atoms with Crippen LogP contribution in [0.1, 0.15) is 71.0 Å². The molecule has 6 heteroatoms. The normalized spacial score (nSPS) is 20.1. The first-order chi connectivity index (χ1) is 13.8. The molecule has 0 saturated carbocycles. The van der Waals surface area contributed by atoms with Crippen LogP contribution in [0.25, 0.3) is 0 Å². The number of nitrogens with one attached hydrogen (secondary N) is 1. The van der Waals surface area contributed by atoms with E-state index in [4.69, 9.17) is 17.3 Å². The highest BCUT2D eigenvalue weighted by molar-refractivity contribution is 6.31. The molecule has 29 heavy (non-hydrogen) atoms. The summed E-state index contributed by atoms with van der Waals surface area (Å²) in [5.74, 6) is -0.404. The fourth-order valence-corrected chi connectivity index (χ4v) is 4.88. The number of nitrogens with two attached hydrogens (primary N) is 1. The molecule has 1 unspecified atom stereocenters. The van der Waals surface area contributed by atoms with Crippen molar-refractivity contribution in [3.8, 4) is 0 Å². The number of nitrogens with zero attached hydrogens (tertiary/aromatic N) is 1. The molecule has 1 atom stereocenters. The second-order valence-corrected chi connectivity index (χ2v) is 9.09. The quantitative estimate of drug-likeness (QED) is 0.716. The van der Waals surface area contributed by atoms with Crippen LogP contribution in [0.5, 0.6) is 0 Å². The smallest absolute Gasteiger partial charge is 0.250 e. The third kappa shape index (κ3) is 3.60. The van der Waals surface area contributed by atoms with Crippen molar-refractivity contribution >= 4 is 35.2 Å². The zero-order valence-electron chi connectivity index (χ0n) is 16.8. The summed E-state index contributed by atoms with van der Waals surface area (Å²) in [5, 5.41) is 4.13. The van der Waals surface area contributed by atoms with Crippen LogP contribution in [0.2, 0.25) is 5.02 Å². The van der Waals surface area contributed by atoms with Crippen LogP contribution in [0, 0.1) is 0 Å². The Balaban J connectivity index is 1.77. The maximum Gasteiger partial charge on any atom is 0.250 e. The number of hydrogen-bond acceptors (Lipinski definition) is 4. The van der Waals surface area contributed by atoms with Gasteiger partial charge in [0, 0.05) is 35.1 Å². The van der Waals surface area contributed by atoms with Crippen molar-refractivity contribution in [2.24, 2.45) is 5.73 Å². The Morgan fingerprint density at radius 3 is 2.62 bits per heavy atom. The minimum atomic E-state index is -0.404. The molecule has 4 rings (SSSR count). The lowest BCUT2D eigenvalue weighted by Gasteiger charge is -2.40.